The van der Waals surface area contributed by atoms with Crippen LogP contribution in [0.2, 0.25) is 0 Å². The van der Waals surface area contributed by atoms with Crippen molar-refractivity contribution in [2.45, 2.75) is 32.9 Å². The highest BCUT2D eigenvalue weighted by Crippen LogP contribution is 2.45. The molecule has 2 aromatic carbocycles. The van der Waals surface area contributed by atoms with E-state index in [9.17, 15) is 4.79 Å². The molecule has 0 N–H and O–H groups in total. The molecule has 4 atom stereocenters. The Kier molecular flexibility index (Phi) is 4.63. The van der Waals surface area contributed by atoms with Crippen LogP contribution in [0.5, 0.6) is 0 Å². The molecule has 1 aliphatic heterocycles. The highest BCUT2D eigenvalue weighted by atomic mass is 16.1. The van der Waals surface area contributed by atoms with E-state index in [1.54, 1.807) is 0 Å². The zero-order valence-electron chi connectivity index (χ0n) is 14.1. The molecule has 2 nitrogen and oxygen atoms in total. The number of hydrogen-bond acceptors (Lipinski definition) is 2. The molecule has 120 valence electrons. The van der Waals surface area contributed by atoms with E-state index in [-0.39, 0.29) is 23.9 Å². The third-order valence-corrected chi connectivity index (χ3v) is 5.21. The van der Waals surface area contributed by atoms with E-state index in [1.807, 2.05) is 12.1 Å². The minimum absolute atomic E-state index is 0.0207. The normalized spacial score (nSPS) is 28.7. The van der Waals surface area contributed by atoms with Gasteiger partial charge in [0, 0.05) is 23.9 Å². The maximum atomic E-state index is 12.9. The molecule has 0 aliphatic carbocycles. The molecule has 23 heavy (non-hydrogen) atoms. The van der Waals surface area contributed by atoms with Crippen LogP contribution in [0.15, 0.2) is 60.7 Å². The summed E-state index contributed by atoms with van der Waals surface area (Å²) in [5.74, 6) is 0.414. The van der Waals surface area contributed by atoms with Gasteiger partial charge in [0.25, 0.3) is 0 Å². The van der Waals surface area contributed by atoms with Crippen LogP contribution in [0.25, 0.3) is 0 Å². The van der Waals surface area contributed by atoms with Gasteiger partial charge in [-0.05, 0) is 17.7 Å². The van der Waals surface area contributed by atoms with Crippen molar-refractivity contribution in [1.82, 2.24) is 4.90 Å². The Hall–Kier alpha value is -1.93. The molecule has 0 radical (unpaired) electrons. The Bertz CT molecular complexity index is 597. The zero-order chi connectivity index (χ0) is 16.4. The van der Waals surface area contributed by atoms with Crippen molar-refractivity contribution in [3.05, 3.63) is 71.8 Å². The van der Waals surface area contributed by atoms with E-state index >= 15 is 0 Å². The number of benzene rings is 2. The summed E-state index contributed by atoms with van der Waals surface area (Å²) in [5, 5.41) is 0. The molecule has 0 aromatic heterocycles. The van der Waals surface area contributed by atoms with E-state index in [1.165, 1.54) is 11.1 Å². The third-order valence-electron chi connectivity index (χ3n) is 5.21. The summed E-state index contributed by atoms with van der Waals surface area (Å²) in [6, 6.07) is 21.2. The van der Waals surface area contributed by atoms with Crippen LogP contribution in [0, 0.1) is 11.8 Å². The molecule has 1 saturated heterocycles. The summed E-state index contributed by atoms with van der Waals surface area (Å²) in [6.07, 6.45) is 0. The van der Waals surface area contributed by atoms with Crippen molar-refractivity contribution in [2.75, 3.05) is 6.54 Å². The Labute approximate surface area is 139 Å². The number of likely N-dealkylation sites (tertiary alicyclic amines) is 1. The van der Waals surface area contributed by atoms with Crippen molar-refractivity contribution in [3.63, 3.8) is 0 Å². The first-order valence-corrected chi connectivity index (χ1v) is 8.54. The number of rotatable bonds is 3. The van der Waals surface area contributed by atoms with Crippen molar-refractivity contribution >= 4 is 5.78 Å². The van der Waals surface area contributed by atoms with Crippen LogP contribution in [-0.4, -0.2) is 17.2 Å². The average Bonchev–Trinajstić information content (AvgIpc) is 2.61. The van der Waals surface area contributed by atoms with Crippen LogP contribution >= 0.6 is 0 Å². The minimum Gasteiger partial charge on any atom is -0.299 e. The quantitative estimate of drug-likeness (QED) is 0.823. The zero-order valence-corrected chi connectivity index (χ0v) is 14.1. The predicted octanol–water partition coefficient (Wildman–Crippen LogP) is 4.65. The molecule has 0 spiro atoms. The van der Waals surface area contributed by atoms with Crippen LogP contribution in [0.3, 0.4) is 0 Å². The molecule has 0 amide bonds. The second kappa shape index (κ2) is 6.67. The van der Waals surface area contributed by atoms with Crippen LogP contribution in [0.1, 0.15) is 44.0 Å². The van der Waals surface area contributed by atoms with E-state index in [4.69, 9.17) is 0 Å². The van der Waals surface area contributed by atoms with E-state index in [0.29, 0.717) is 5.78 Å². The molecule has 0 unspecified atom stereocenters. The standard InChI is InChI=1S/C21H25NO/c1-4-22-19(17-11-7-5-8-12-17)15(2)21(23)16(3)20(22)18-13-9-6-10-14-18/h5-16,19-20H,4H2,1-3H3/t15-,16+,19-,20-/m1/s1. The molecule has 3 rings (SSSR count). The fourth-order valence-electron chi connectivity index (χ4n) is 4.13. The average molecular weight is 307 g/mol. The van der Waals surface area contributed by atoms with E-state index in [0.717, 1.165) is 6.54 Å². The molecule has 0 bridgehead atoms. The Morgan fingerprint density at radius 2 is 1.17 bits per heavy atom. The molecule has 2 aromatic rings. The Balaban J connectivity index is 2.07. The van der Waals surface area contributed by atoms with Crippen molar-refractivity contribution < 1.29 is 4.79 Å². The van der Waals surface area contributed by atoms with Gasteiger partial charge >= 0.3 is 0 Å². The van der Waals surface area contributed by atoms with Gasteiger partial charge in [0.15, 0.2) is 0 Å². The van der Waals surface area contributed by atoms with Crippen LogP contribution in [0.4, 0.5) is 0 Å². The predicted molar refractivity (Wildman–Crippen MR) is 94.1 cm³/mol. The van der Waals surface area contributed by atoms with E-state index < -0.39 is 0 Å². The lowest BCUT2D eigenvalue weighted by atomic mass is 9.74. The largest absolute Gasteiger partial charge is 0.299 e. The molecule has 0 saturated carbocycles. The second-order valence-corrected chi connectivity index (χ2v) is 6.52. The van der Waals surface area contributed by atoms with Gasteiger partial charge in [0.05, 0.1) is 0 Å². The molecular formula is C21H25NO. The van der Waals surface area contributed by atoms with Gasteiger partial charge in [-0.25, -0.2) is 0 Å². The monoisotopic (exact) mass is 307 g/mol. The van der Waals surface area contributed by atoms with Crippen molar-refractivity contribution in [2.24, 2.45) is 11.8 Å². The van der Waals surface area contributed by atoms with Crippen LogP contribution in [-0.2, 0) is 4.79 Å². The van der Waals surface area contributed by atoms with Gasteiger partial charge < -0.3 is 0 Å². The lowest BCUT2D eigenvalue weighted by molar-refractivity contribution is -0.137. The summed E-state index contributed by atoms with van der Waals surface area (Å²) in [4.78, 5) is 15.4. The number of ketones is 1. The first-order valence-electron chi connectivity index (χ1n) is 8.54. The van der Waals surface area contributed by atoms with Crippen LogP contribution < -0.4 is 0 Å². The second-order valence-electron chi connectivity index (χ2n) is 6.52. The molecule has 1 aliphatic rings. The maximum absolute atomic E-state index is 12.9. The topological polar surface area (TPSA) is 20.3 Å². The first-order chi connectivity index (χ1) is 11.1. The smallest absolute Gasteiger partial charge is 0.142 e. The lowest BCUT2D eigenvalue weighted by Gasteiger charge is -2.48. The summed E-state index contributed by atoms with van der Waals surface area (Å²) in [7, 11) is 0. The lowest BCUT2D eigenvalue weighted by Crippen LogP contribution is -2.49. The van der Waals surface area contributed by atoms with E-state index in [2.05, 4.69) is 74.2 Å². The third kappa shape index (κ3) is 2.84. The first kappa shape index (κ1) is 15.9. The summed E-state index contributed by atoms with van der Waals surface area (Å²) >= 11 is 0. The minimum atomic E-state index is 0.0207. The fourth-order valence-corrected chi connectivity index (χ4v) is 4.13. The number of hydrogen-bond donors (Lipinski definition) is 0. The number of carbonyl (C=O) groups excluding carboxylic acids is 1. The van der Waals surface area contributed by atoms with Gasteiger partial charge in [-0.15, -0.1) is 0 Å². The van der Waals surface area contributed by atoms with Gasteiger partial charge in [-0.1, -0.05) is 81.4 Å². The summed E-state index contributed by atoms with van der Waals surface area (Å²) in [6.45, 7) is 7.29. The Morgan fingerprint density at radius 1 is 0.783 bits per heavy atom. The van der Waals surface area contributed by atoms with Gasteiger partial charge in [0.2, 0.25) is 0 Å². The van der Waals surface area contributed by atoms with Crippen molar-refractivity contribution in [1.29, 1.82) is 0 Å². The van der Waals surface area contributed by atoms with Gasteiger partial charge in [0.1, 0.15) is 5.78 Å². The van der Waals surface area contributed by atoms with Gasteiger partial charge in [-0.2, -0.15) is 0 Å². The summed E-state index contributed by atoms with van der Waals surface area (Å²) in [5.41, 5.74) is 2.48. The number of carbonyl (C=O) groups is 1. The highest BCUT2D eigenvalue weighted by molar-refractivity contribution is 5.85. The Morgan fingerprint density at radius 3 is 1.52 bits per heavy atom. The molecule has 1 heterocycles. The molecule has 2 heteroatoms. The number of piperidine rings is 1. The molecule has 1 fully saturated rings. The SMILES string of the molecule is CCN1[C@@H](c2ccccc2)[C@H](C)C(=O)[C@H](C)[C@@H]1c1ccccc1. The highest BCUT2D eigenvalue weighted by Gasteiger charge is 2.45. The summed E-state index contributed by atoms with van der Waals surface area (Å²) < 4.78 is 0. The number of Topliss-reactive ketones (excluding diaryl/α,β-unsaturated/α-hetero) is 1. The fraction of sp³-hybridized carbons (Fsp3) is 0.381. The molecular weight excluding hydrogens is 282 g/mol. The van der Waals surface area contributed by atoms with Crippen molar-refractivity contribution in [3.8, 4) is 0 Å². The number of nitrogens with zero attached hydrogens (tertiary/aromatic N) is 1. The van der Waals surface area contributed by atoms with Gasteiger partial charge in [-0.3, -0.25) is 9.69 Å². The maximum Gasteiger partial charge on any atom is 0.142 e.